The molecule has 0 N–H and O–H groups in total. The summed E-state index contributed by atoms with van der Waals surface area (Å²) in [7, 11) is 1.96. The number of hydrogen-bond acceptors (Lipinski definition) is 5. The van der Waals surface area contributed by atoms with Crippen LogP contribution in [0.1, 0.15) is 27.0 Å². The second kappa shape index (κ2) is 11.6. The van der Waals surface area contributed by atoms with E-state index in [2.05, 4.69) is 9.88 Å². The highest BCUT2D eigenvalue weighted by molar-refractivity contribution is 5.94. The molecule has 9 heteroatoms. The Balaban J connectivity index is 1.25. The third-order valence-corrected chi connectivity index (χ3v) is 6.42. The number of rotatable bonds is 8. The molecule has 0 atom stereocenters. The molecule has 0 spiro atoms. The summed E-state index contributed by atoms with van der Waals surface area (Å²) in [5.74, 6) is 1.46. The molecule has 1 fully saturated rings. The molecular formula is C28H31F3N4O2. The fourth-order valence-electron chi connectivity index (χ4n) is 4.21. The molecule has 6 nitrogen and oxygen atoms in total. The first-order chi connectivity index (χ1) is 17.7. The Labute approximate surface area is 215 Å². The Kier molecular flexibility index (Phi) is 8.33. The quantitative estimate of drug-likeness (QED) is 0.431. The molecule has 3 aromatic rings. The number of carbonyl (C=O) groups is 1. The van der Waals surface area contributed by atoms with Crippen LogP contribution in [0.4, 0.5) is 19.0 Å². The van der Waals surface area contributed by atoms with Gasteiger partial charge in [0.2, 0.25) is 0 Å². The summed E-state index contributed by atoms with van der Waals surface area (Å²) >= 11 is 0. The number of likely N-dealkylation sites (N-methyl/N-ethyl adjacent to an activating group) is 1. The Bertz CT molecular complexity index is 1190. The molecule has 1 saturated heterocycles. The number of anilines is 1. The van der Waals surface area contributed by atoms with Crippen molar-refractivity contribution in [3.63, 3.8) is 0 Å². The normalized spacial score (nSPS) is 14.5. The Morgan fingerprint density at radius 3 is 2.43 bits per heavy atom. The number of hydrogen-bond donors (Lipinski definition) is 0. The van der Waals surface area contributed by atoms with Crippen molar-refractivity contribution in [2.75, 3.05) is 51.3 Å². The largest absolute Gasteiger partial charge is 0.492 e. The number of alkyl halides is 3. The smallest absolute Gasteiger partial charge is 0.416 e. The molecule has 4 rings (SSSR count). The van der Waals surface area contributed by atoms with E-state index in [-0.39, 0.29) is 5.91 Å². The highest BCUT2D eigenvalue weighted by Gasteiger charge is 2.30. The second-order valence-electron chi connectivity index (χ2n) is 9.25. The maximum atomic E-state index is 13.1. The molecule has 1 aliphatic rings. The first-order valence-electron chi connectivity index (χ1n) is 12.2. The van der Waals surface area contributed by atoms with Crippen LogP contribution < -0.4 is 9.64 Å². The van der Waals surface area contributed by atoms with Crippen LogP contribution in [0.5, 0.6) is 5.75 Å². The molecule has 2 aromatic carbocycles. The number of piperazine rings is 1. The lowest BCUT2D eigenvalue weighted by Crippen LogP contribution is -2.48. The van der Waals surface area contributed by atoms with Crippen LogP contribution in [0, 0.1) is 6.92 Å². The number of aryl methyl sites for hydroxylation is 1. The van der Waals surface area contributed by atoms with Gasteiger partial charge < -0.3 is 14.5 Å². The number of pyridine rings is 1. The first kappa shape index (κ1) is 26.5. The van der Waals surface area contributed by atoms with Crippen molar-refractivity contribution in [2.45, 2.75) is 19.6 Å². The van der Waals surface area contributed by atoms with E-state index in [1.807, 2.05) is 43.1 Å². The minimum absolute atomic E-state index is 0.0549. The molecule has 37 heavy (non-hydrogen) atoms. The van der Waals surface area contributed by atoms with Gasteiger partial charge in [-0.25, -0.2) is 4.98 Å². The van der Waals surface area contributed by atoms with E-state index >= 15 is 0 Å². The third-order valence-electron chi connectivity index (χ3n) is 6.42. The van der Waals surface area contributed by atoms with Gasteiger partial charge in [0, 0.05) is 51.5 Å². The zero-order valence-corrected chi connectivity index (χ0v) is 21.0. The van der Waals surface area contributed by atoms with Gasteiger partial charge in [0.1, 0.15) is 18.2 Å². The lowest BCUT2D eigenvalue weighted by Gasteiger charge is -2.35. The lowest BCUT2D eigenvalue weighted by atomic mass is 10.1. The van der Waals surface area contributed by atoms with E-state index < -0.39 is 11.7 Å². The molecule has 2 heterocycles. The fourth-order valence-corrected chi connectivity index (χ4v) is 4.21. The summed E-state index contributed by atoms with van der Waals surface area (Å²) in [6, 6.07) is 16.4. The standard InChI is InChI=1S/C28H31F3N4O2/c1-21-10-11-32-26(18-21)33(2)16-17-37-25-5-3-4-23(19-25)27(36)35-14-12-34(13-15-35)20-22-6-8-24(9-7-22)28(29,30)31/h3-11,18-19H,12-17,20H2,1-2H3. The van der Waals surface area contributed by atoms with Gasteiger partial charge in [0.25, 0.3) is 5.91 Å². The monoisotopic (exact) mass is 512 g/mol. The third kappa shape index (κ3) is 7.22. The Hall–Kier alpha value is -3.59. The van der Waals surface area contributed by atoms with Crippen LogP contribution in [0.3, 0.4) is 0 Å². The maximum absolute atomic E-state index is 13.1. The number of amides is 1. The van der Waals surface area contributed by atoms with Gasteiger partial charge in [-0.1, -0.05) is 18.2 Å². The number of nitrogens with zero attached hydrogens (tertiary/aromatic N) is 4. The highest BCUT2D eigenvalue weighted by atomic mass is 19.4. The maximum Gasteiger partial charge on any atom is 0.416 e. The van der Waals surface area contributed by atoms with Crippen LogP contribution in [-0.4, -0.2) is 67.1 Å². The van der Waals surface area contributed by atoms with Gasteiger partial charge in [0.15, 0.2) is 0 Å². The number of benzene rings is 2. The van der Waals surface area contributed by atoms with Crippen LogP contribution in [0.25, 0.3) is 0 Å². The van der Waals surface area contributed by atoms with Crippen molar-refractivity contribution >= 4 is 11.7 Å². The topological polar surface area (TPSA) is 48.9 Å². The average Bonchev–Trinajstić information content (AvgIpc) is 2.89. The highest BCUT2D eigenvalue weighted by Crippen LogP contribution is 2.29. The van der Waals surface area contributed by atoms with Crippen molar-refractivity contribution in [3.8, 4) is 5.75 Å². The molecule has 196 valence electrons. The van der Waals surface area contributed by atoms with Crippen molar-refractivity contribution < 1.29 is 22.7 Å². The molecular weight excluding hydrogens is 481 g/mol. The van der Waals surface area contributed by atoms with Crippen molar-refractivity contribution in [2.24, 2.45) is 0 Å². The predicted molar refractivity (Wildman–Crippen MR) is 137 cm³/mol. The summed E-state index contributed by atoms with van der Waals surface area (Å²) in [5.41, 5.74) is 1.89. The van der Waals surface area contributed by atoms with Gasteiger partial charge in [-0.15, -0.1) is 0 Å². The van der Waals surface area contributed by atoms with E-state index in [0.717, 1.165) is 29.1 Å². The van der Waals surface area contributed by atoms with Crippen LogP contribution in [-0.2, 0) is 12.7 Å². The van der Waals surface area contributed by atoms with Crippen LogP contribution in [0.2, 0.25) is 0 Å². The summed E-state index contributed by atoms with van der Waals surface area (Å²) in [6.07, 6.45) is -2.55. The van der Waals surface area contributed by atoms with Gasteiger partial charge >= 0.3 is 6.18 Å². The van der Waals surface area contributed by atoms with E-state index in [4.69, 9.17) is 4.74 Å². The lowest BCUT2D eigenvalue weighted by molar-refractivity contribution is -0.137. The number of carbonyl (C=O) groups excluding carboxylic acids is 1. The fraction of sp³-hybridized carbons (Fsp3) is 0.357. The summed E-state index contributed by atoms with van der Waals surface area (Å²) in [5, 5.41) is 0. The molecule has 1 aliphatic heterocycles. The van der Waals surface area contributed by atoms with E-state index in [9.17, 15) is 18.0 Å². The van der Waals surface area contributed by atoms with Gasteiger partial charge in [-0.2, -0.15) is 13.2 Å². The van der Waals surface area contributed by atoms with Crippen LogP contribution >= 0.6 is 0 Å². The molecule has 0 aliphatic carbocycles. The van der Waals surface area contributed by atoms with Gasteiger partial charge in [-0.3, -0.25) is 9.69 Å². The second-order valence-corrected chi connectivity index (χ2v) is 9.25. The molecule has 1 amide bonds. The number of halogens is 3. The van der Waals surface area contributed by atoms with Crippen molar-refractivity contribution in [1.29, 1.82) is 0 Å². The summed E-state index contributed by atoms with van der Waals surface area (Å²) < 4.78 is 44.2. The minimum Gasteiger partial charge on any atom is -0.492 e. The van der Waals surface area contributed by atoms with E-state index in [0.29, 0.717) is 57.2 Å². The number of ether oxygens (including phenoxy) is 1. The Morgan fingerprint density at radius 2 is 1.76 bits per heavy atom. The molecule has 0 radical (unpaired) electrons. The zero-order valence-electron chi connectivity index (χ0n) is 21.0. The van der Waals surface area contributed by atoms with Crippen molar-refractivity contribution in [1.82, 2.24) is 14.8 Å². The van der Waals surface area contributed by atoms with Gasteiger partial charge in [0.05, 0.1) is 12.1 Å². The Morgan fingerprint density at radius 1 is 1.03 bits per heavy atom. The molecule has 0 unspecified atom stereocenters. The van der Waals surface area contributed by atoms with E-state index in [1.165, 1.54) is 12.1 Å². The minimum atomic E-state index is -4.33. The van der Waals surface area contributed by atoms with Crippen LogP contribution in [0.15, 0.2) is 66.9 Å². The first-order valence-corrected chi connectivity index (χ1v) is 12.2. The molecule has 1 aromatic heterocycles. The zero-order chi connectivity index (χ0) is 26.4. The summed E-state index contributed by atoms with van der Waals surface area (Å²) in [6.45, 7) is 6.09. The average molecular weight is 513 g/mol. The number of aromatic nitrogens is 1. The SMILES string of the molecule is Cc1ccnc(N(C)CCOc2cccc(C(=O)N3CCN(Cc4ccc(C(F)(F)F)cc4)CC3)c2)c1. The molecule has 0 saturated carbocycles. The van der Waals surface area contributed by atoms with E-state index in [1.54, 1.807) is 23.2 Å². The van der Waals surface area contributed by atoms with Crippen molar-refractivity contribution in [3.05, 3.63) is 89.1 Å². The predicted octanol–water partition coefficient (Wildman–Crippen LogP) is 4.88. The molecule has 0 bridgehead atoms. The summed E-state index contributed by atoms with van der Waals surface area (Å²) in [4.78, 5) is 23.4. The van der Waals surface area contributed by atoms with Gasteiger partial charge in [-0.05, 0) is 60.5 Å².